The topological polar surface area (TPSA) is 107 Å². The van der Waals surface area contributed by atoms with E-state index in [1.807, 2.05) is 0 Å². The third-order valence-corrected chi connectivity index (χ3v) is 3.97. The minimum atomic E-state index is -0.253. The van der Waals surface area contributed by atoms with E-state index in [4.69, 9.17) is 16.2 Å². The van der Waals surface area contributed by atoms with Crippen LogP contribution < -0.4 is 21.5 Å². The van der Waals surface area contributed by atoms with Gasteiger partial charge >= 0.3 is 0 Å². The zero-order valence-electron chi connectivity index (χ0n) is 12.1. The second kappa shape index (κ2) is 6.47. The summed E-state index contributed by atoms with van der Waals surface area (Å²) >= 11 is 0. The molecule has 0 aliphatic heterocycles. The number of ether oxygens (including phenoxy) is 1. The molecular weight excluding hydrogens is 270 g/mol. The Morgan fingerprint density at radius 2 is 1.90 bits per heavy atom. The summed E-state index contributed by atoms with van der Waals surface area (Å²) in [5.41, 5.74) is 12.0. The number of carbonyl (C=O) groups excluding carboxylic acids is 2. The van der Waals surface area contributed by atoms with Crippen molar-refractivity contribution >= 4 is 17.5 Å². The van der Waals surface area contributed by atoms with Crippen molar-refractivity contribution in [3.05, 3.63) is 23.8 Å². The van der Waals surface area contributed by atoms with Crippen LogP contribution >= 0.6 is 0 Å². The van der Waals surface area contributed by atoms with Gasteiger partial charge in [0.05, 0.1) is 12.7 Å². The number of hydrogen-bond donors (Lipinski definition) is 3. The summed E-state index contributed by atoms with van der Waals surface area (Å²) in [6.07, 6.45) is 2.94. The highest BCUT2D eigenvalue weighted by Gasteiger charge is 2.26. The van der Waals surface area contributed by atoms with Crippen molar-refractivity contribution in [1.82, 2.24) is 5.32 Å². The first-order valence-corrected chi connectivity index (χ1v) is 7.05. The Labute approximate surface area is 123 Å². The van der Waals surface area contributed by atoms with Gasteiger partial charge in [0.2, 0.25) is 5.91 Å². The van der Waals surface area contributed by atoms with Gasteiger partial charge in [-0.25, -0.2) is 0 Å². The quantitative estimate of drug-likeness (QED) is 0.721. The molecule has 1 aliphatic rings. The molecule has 0 saturated heterocycles. The molecule has 0 spiro atoms. The van der Waals surface area contributed by atoms with Crippen LogP contribution in [0.2, 0.25) is 0 Å². The molecule has 6 heteroatoms. The third-order valence-electron chi connectivity index (χ3n) is 3.97. The number of nitrogens with two attached hydrogens (primary N) is 2. The van der Waals surface area contributed by atoms with E-state index < -0.39 is 0 Å². The Morgan fingerprint density at radius 3 is 2.48 bits per heavy atom. The molecular formula is C15H21N3O3. The van der Waals surface area contributed by atoms with Crippen molar-refractivity contribution in [3.8, 4) is 5.75 Å². The van der Waals surface area contributed by atoms with Gasteiger partial charge < -0.3 is 21.5 Å². The van der Waals surface area contributed by atoms with Gasteiger partial charge in [-0.05, 0) is 43.9 Å². The Morgan fingerprint density at radius 1 is 1.24 bits per heavy atom. The minimum absolute atomic E-state index is 0.0544. The number of nitrogen functional groups attached to an aromatic ring is 1. The van der Waals surface area contributed by atoms with Crippen molar-refractivity contribution in [2.75, 3.05) is 12.8 Å². The zero-order valence-corrected chi connectivity index (χ0v) is 12.1. The van der Waals surface area contributed by atoms with Gasteiger partial charge in [-0.15, -0.1) is 0 Å². The smallest absolute Gasteiger partial charge is 0.253 e. The van der Waals surface area contributed by atoms with E-state index >= 15 is 0 Å². The van der Waals surface area contributed by atoms with E-state index in [-0.39, 0.29) is 23.8 Å². The molecule has 2 rings (SSSR count). The van der Waals surface area contributed by atoms with Crippen LogP contribution in [0.5, 0.6) is 5.75 Å². The molecule has 21 heavy (non-hydrogen) atoms. The van der Waals surface area contributed by atoms with Crippen molar-refractivity contribution in [2.24, 2.45) is 11.7 Å². The van der Waals surface area contributed by atoms with Gasteiger partial charge in [0.15, 0.2) is 0 Å². The van der Waals surface area contributed by atoms with E-state index in [1.165, 1.54) is 7.11 Å². The number of methoxy groups -OCH3 is 1. The molecule has 0 heterocycles. The first-order chi connectivity index (χ1) is 10.0. The van der Waals surface area contributed by atoms with Crippen LogP contribution in [0.4, 0.5) is 5.69 Å². The van der Waals surface area contributed by atoms with Crippen molar-refractivity contribution in [1.29, 1.82) is 0 Å². The molecule has 6 nitrogen and oxygen atoms in total. The molecule has 1 saturated carbocycles. The van der Waals surface area contributed by atoms with Crippen LogP contribution in [0.3, 0.4) is 0 Å². The highest BCUT2D eigenvalue weighted by Crippen LogP contribution is 2.25. The molecule has 0 unspecified atom stereocenters. The highest BCUT2D eigenvalue weighted by molar-refractivity contribution is 5.99. The van der Waals surface area contributed by atoms with Crippen LogP contribution in [-0.2, 0) is 4.79 Å². The van der Waals surface area contributed by atoms with Gasteiger partial charge in [-0.3, -0.25) is 9.59 Å². The lowest BCUT2D eigenvalue weighted by Crippen LogP contribution is -2.40. The Balaban J connectivity index is 1.98. The van der Waals surface area contributed by atoms with Crippen molar-refractivity contribution in [2.45, 2.75) is 31.7 Å². The van der Waals surface area contributed by atoms with Gasteiger partial charge in [-0.2, -0.15) is 0 Å². The summed E-state index contributed by atoms with van der Waals surface area (Å²) in [7, 11) is 1.54. The molecule has 0 aromatic heterocycles. The van der Waals surface area contributed by atoms with Gasteiger partial charge in [0.25, 0.3) is 5.91 Å². The summed E-state index contributed by atoms with van der Waals surface area (Å²) < 4.78 is 5.10. The Bertz CT molecular complexity index is 537. The average Bonchev–Trinajstić information content (AvgIpc) is 2.48. The number of primary amides is 1. The maximum atomic E-state index is 12.3. The summed E-state index contributed by atoms with van der Waals surface area (Å²) in [4.78, 5) is 23.4. The van der Waals surface area contributed by atoms with Crippen LogP contribution in [0.1, 0.15) is 36.0 Å². The molecule has 1 aliphatic carbocycles. The van der Waals surface area contributed by atoms with Crippen LogP contribution in [0.15, 0.2) is 18.2 Å². The fourth-order valence-corrected chi connectivity index (χ4v) is 2.64. The second-order valence-electron chi connectivity index (χ2n) is 5.38. The highest BCUT2D eigenvalue weighted by atomic mass is 16.5. The number of benzene rings is 1. The molecule has 0 atom stereocenters. The first kappa shape index (κ1) is 15.2. The van der Waals surface area contributed by atoms with Crippen molar-refractivity contribution in [3.63, 3.8) is 0 Å². The number of rotatable bonds is 4. The van der Waals surface area contributed by atoms with E-state index in [9.17, 15) is 9.59 Å². The van der Waals surface area contributed by atoms with E-state index in [1.54, 1.807) is 18.2 Å². The van der Waals surface area contributed by atoms with Crippen molar-refractivity contribution < 1.29 is 14.3 Å². The van der Waals surface area contributed by atoms with Gasteiger partial charge in [0, 0.05) is 17.6 Å². The molecule has 2 amide bonds. The molecule has 1 fully saturated rings. The van der Waals surface area contributed by atoms with Crippen LogP contribution in [-0.4, -0.2) is 25.0 Å². The maximum absolute atomic E-state index is 12.3. The summed E-state index contributed by atoms with van der Waals surface area (Å²) in [6, 6.07) is 5.04. The number of nitrogens with one attached hydrogen (secondary N) is 1. The molecule has 0 bridgehead atoms. The standard InChI is InChI=1S/C15H21N3O3/c1-21-11-6-7-13(16)12(8-11)15(20)18-10-4-2-9(3-5-10)14(17)19/h6-10H,2-5,16H2,1H3,(H2,17,19)(H,18,20). The van der Waals surface area contributed by atoms with E-state index in [0.29, 0.717) is 29.8 Å². The maximum Gasteiger partial charge on any atom is 0.253 e. The number of hydrogen-bond acceptors (Lipinski definition) is 4. The van der Waals surface area contributed by atoms with Gasteiger partial charge in [0.1, 0.15) is 5.75 Å². The summed E-state index contributed by atoms with van der Waals surface area (Å²) in [5.74, 6) is 0.0533. The predicted octanol–water partition coefficient (Wildman–Crippen LogP) is 1.05. The Kier molecular flexibility index (Phi) is 4.67. The van der Waals surface area contributed by atoms with E-state index in [0.717, 1.165) is 12.8 Å². The number of carbonyl (C=O) groups is 2. The molecule has 1 aromatic rings. The molecule has 1 aromatic carbocycles. The zero-order chi connectivity index (χ0) is 15.4. The number of anilines is 1. The third kappa shape index (κ3) is 3.65. The minimum Gasteiger partial charge on any atom is -0.497 e. The summed E-state index contributed by atoms with van der Waals surface area (Å²) in [5, 5.41) is 2.96. The van der Waals surface area contributed by atoms with Crippen LogP contribution in [0, 0.1) is 5.92 Å². The lowest BCUT2D eigenvalue weighted by molar-refractivity contribution is -0.122. The largest absolute Gasteiger partial charge is 0.497 e. The monoisotopic (exact) mass is 291 g/mol. The Hall–Kier alpha value is -2.24. The SMILES string of the molecule is COc1ccc(N)c(C(=O)NC2CCC(C(N)=O)CC2)c1. The molecule has 0 radical (unpaired) electrons. The lowest BCUT2D eigenvalue weighted by atomic mass is 9.85. The normalized spacial score (nSPS) is 21.6. The lowest BCUT2D eigenvalue weighted by Gasteiger charge is -2.27. The van der Waals surface area contributed by atoms with Gasteiger partial charge in [-0.1, -0.05) is 0 Å². The number of amides is 2. The fraction of sp³-hybridized carbons (Fsp3) is 0.467. The first-order valence-electron chi connectivity index (χ1n) is 7.05. The fourth-order valence-electron chi connectivity index (χ4n) is 2.64. The molecule has 114 valence electrons. The summed E-state index contributed by atoms with van der Waals surface area (Å²) in [6.45, 7) is 0. The van der Waals surface area contributed by atoms with Crippen LogP contribution in [0.25, 0.3) is 0 Å². The predicted molar refractivity (Wildman–Crippen MR) is 79.8 cm³/mol. The average molecular weight is 291 g/mol. The molecule has 5 N–H and O–H groups in total. The second-order valence-corrected chi connectivity index (χ2v) is 5.38. The van der Waals surface area contributed by atoms with E-state index in [2.05, 4.69) is 5.32 Å².